The average Bonchev–Trinajstić information content (AvgIpc) is 2.97. The zero-order valence-corrected chi connectivity index (χ0v) is 24.7. The van der Waals surface area contributed by atoms with Crippen molar-refractivity contribution in [1.29, 1.82) is 0 Å². The molecule has 0 spiro atoms. The molecule has 12 heteroatoms. The third-order valence-corrected chi connectivity index (χ3v) is 8.28. The summed E-state index contributed by atoms with van der Waals surface area (Å²) in [7, 11) is 0. The lowest BCUT2D eigenvalue weighted by molar-refractivity contribution is -0.343. The first kappa shape index (κ1) is 36.3. The minimum Gasteiger partial charge on any atom is -0.394 e. The molecule has 1 amide bonds. The second kappa shape index (κ2) is 19.4. The average molecular weight is 594 g/mol. The fourth-order valence-electron chi connectivity index (χ4n) is 5.52. The summed E-state index contributed by atoms with van der Waals surface area (Å²) in [6.45, 7) is 2.96. The predicted octanol–water partition coefficient (Wildman–Crippen LogP) is 0.106. The summed E-state index contributed by atoms with van der Waals surface area (Å²) in [4.78, 5) is 12.8. The molecule has 2 saturated heterocycles. The molecule has 0 saturated carbocycles. The van der Waals surface area contributed by atoms with Crippen molar-refractivity contribution in [2.45, 2.75) is 152 Å². The largest absolute Gasteiger partial charge is 0.394 e. The minimum atomic E-state index is -1.74. The van der Waals surface area contributed by atoms with E-state index in [2.05, 4.69) is 12.2 Å². The molecule has 0 aromatic rings. The second-order valence-electron chi connectivity index (χ2n) is 11.6. The van der Waals surface area contributed by atoms with Gasteiger partial charge in [0, 0.05) is 6.54 Å². The summed E-state index contributed by atoms with van der Waals surface area (Å²) in [6, 6.07) is 0. The molecule has 0 aromatic carbocycles. The molecule has 3 unspecified atom stereocenters. The van der Waals surface area contributed by atoms with Crippen LogP contribution >= 0.6 is 0 Å². The van der Waals surface area contributed by atoms with E-state index in [0.717, 1.165) is 19.3 Å². The van der Waals surface area contributed by atoms with Crippen LogP contribution in [0.4, 0.5) is 0 Å². The zero-order valence-electron chi connectivity index (χ0n) is 24.7. The quantitative estimate of drug-likeness (QED) is 0.0946. The van der Waals surface area contributed by atoms with Crippen molar-refractivity contribution in [2.24, 2.45) is 5.92 Å². The highest BCUT2D eigenvalue weighted by Gasteiger charge is 2.51. The molecule has 0 aliphatic carbocycles. The van der Waals surface area contributed by atoms with E-state index in [1.165, 1.54) is 57.8 Å². The summed E-state index contributed by atoms with van der Waals surface area (Å²) in [5.74, 6) is -1.20. The van der Waals surface area contributed by atoms with E-state index >= 15 is 0 Å². The van der Waals surface area contributed by atoms with Gasteiger partial charge in [-0.3, -0.25) is 4.79 Å². The Morgan fingerprint density at radius 3 is 1.78 bits per heavy atom. The van der Waals surface area contributed by atoms with Crippen LogP contribution in [0.1, 0.15) is 90.9 Å². The highest BCUT2D eigenvalue weighted by atomic mass is 16.7. The van der Waals surface area contributed by atoms with Crippen LogP contribution in [0.5, 0.6) is 0 Å². The second-order valence-corrected chi connectivity index (χ2v) is 11.6. The monoisotopic (exact) mass is 593 g/mol. The fourth-order valence-corrected chi connectivity index (χ4v) is 5.52. The Balaban J connectivity index is 1.73. The number of carbonyl (C=O) groups excluding carboxylic acids is 1. The first-order valence-electron chi connectivity index (χ1n) is 15.5. The number of carbonyl (C=O) groups is 1. The van der Waals surface area contributed by atoms with Crippen LogP contribution in [0.15, 0.2) is 0 Å². The summed E-state index contributed by atoms with van der Waals surface area (Å²) < 4.78 is 16.6. The van der Waals surface area contributed by atoms with Gasteiger partial charge in [-0.2, -0.15) is 0 Å². The molecule has 2 heterocycles. The van der Waals surface area contributed by atoms with Crippen LogP contribution in [0.25, 0.3) is 0 Å². The predicted molar refractivity (Wildman–Crippen MR) is 150 cm³/mol. The Morgan fingerprint density at radius 1 is 0.707 bits per heavy atom. The van der Waals surface area contributed by atoms with Gasteiger partial charge in [-0.05, 0) is 6.42 Å². The molecule has 11 atom stereocenters. The highest BCUT2D eigenvalue weighted by Crippen LogP contribution is 2.31. The first-order valence-corrected chi connectivity index (χ1v) is 15.5. The van der Waals surface area contributed by atoms with Crippen molar-refractivity contribution in [3.05, 3.63) is 0 Å². The Hall–Kier alpha value is -0.930. The maximum Gasteiger partial charge on any atom is 0.225 e. The lowest BCUT2D eigenvalue weighted by atomic mass is 9.88. The Morgan fingerprint density at radius 2 is 1.24 bits per heavy atom. The van der Waals surface area contributed by atoms with Gasteiger partial charge in [0.15, 0.2) is 6.29 Å². The zero-order chi connectivity index (χ0) is 30.4. The summed E-state index contributed by atoms with van der Waals surface area (Å²) >= 11 is 0. The third kappa shape index (κ3) is 10.9. The van der Waals surface area contributed by atoms with Gasteiger partial charge in [-0.15, -0.1) is 0 Å². The Kier molecular flexibility index (Phi) is 17.1. The van der Waals surface area contributed by atoms with Gasteiger partial charge in [0.05, 0.1) is 25.2 Å². The molecular formula is C29H55NO11. The van der Waals surface area contributed by atoms with Crippen molar-refractivity contribution in [2.75, 3.05) is 19.8 Å². The van der Waals surface area contributed by atoms with Crippen LogP contribution in [0, 0.1) is 5.92 Å². The lowest BCUT2D eigenvalue weighted by Crippen LogP contribution is -2.65. The highest BCUT2D eigenvalue weighted by molar-refractivity contribution is 5.79. The number of unbranched alkanes of at least 4 members (excludes halogenated alkanes) is 11. The molecule has 2 aliphatic rings. The number of aliphatic hydroxyl groups excluding tert-OH is 7. The molecule has 41 heavy (non-hydrogen) atoms. The molecule has 2 fully saturated rings. The molecule has 0 radical (unpaired) electrons. The van der Waals surface area contributed by atoms with Gasteiger partial charge < -0.3 is 55.3 Å². The molecule has 8 N–H and O–H groups in total. The molecule has 0 aromatic heterocycles. The van der Waals surface area contributed by atoms with Crippen molar-refractivity contribution >= 4 is 5.91 Å². The number of ether oxygens (including phenoxy) is 3. The number of amides is 1. The van der Waals surface area contributed by atoms with Gasteiger partial charge >= 0.3 is 0 Å². The van der Waals surface area contributed by atoms with Gasteiger partial charge in [-0.25, -0.2) is 0 Å². The van der Waals surface area contributed by atoms with Crippen molar-refractivity contribution < 1.29 is 54.8 Å². The lowest BCUT2D eigenvalue weighted by Gasteiger charge is -2.47. The number of rotatable bonds is 19. The van der Waals surface area contributed by atoms with Crippen LogP contribution in [0.3, 0.4) is 0 Å². The van der Waals surface area contributed by atoms with Crippen molar-refractivity contribution in [1.82, 2.24) is 5.32 Å². The summed E-state index contributed by atoms with van der Waals surface area (Å²) in [5.41, 5.74) is 0. The number of aliphatic hydroxyl groups is 7. The van der Waals surface area contributed by atoms with E-state index in [9.17, 15) is 40.5 Å². The molecule has 2 rings (SSSR count). The number of hydrogen-bond donors (Lipinski definition) is 8. The van der Waals surface area contributed by atoms with Gasteiger partial charge in [0.25, 0.3) is 0 Å². The molecule has 12 nitrogen and oxygen atoms in total. The van der Waals surface area contributed by atoms with E-state index in [-0.39, 0.29) is 5.91 Å². The summed E-state index contributed by atoms with van der Waals surface area (Å²) in [6.07, 6.45) is -0.224. The molecular weight excluding hydrogens is 538 g/mol. The summed E-state index contributed by atoms with van der Waals surface area (Å²) in [5, 5.41) is 73.9. The SMILES string of the molecule is CCCCCCCCCCCCCCNC(=O)C(C)C1O[C@H](CO)[C@@H](OC2O[C@H](CO)[C@H](O)[C@H](O)[C@H]2O)[C@H](O)[C@H]1O. The van der Waals surface area contributed by atoms with E-state index in [1.807, 2.05) is 0 Å². The topological polar surface area (TPSA) is 198 Å². The van der Waals surface area contributed by atoms with Gasteiger partial charge in [0.2, 0.25) is 5.91 Å². The molecule has 2 aliphatic heterocycles. The van der Waals surface area contributed by atoms with E-state index in [1.54, 1.807) is 6.92 Å². The van der Waals surface area contributed by atoms with E-state index in [0.29, 0.717) is 6.54 Å². The fraction of sp³-hybridized carbons (Fsp3) is 0.966. The van der Waals surface area contributed by atoms with E-state index < -0.39 is 80.4 Å². The Bertz CT molecular complexity index is 712. The smallest absolute Gasteiger partial charge is 0.225 e. The maximum absolute atomic E-state index is 12.8. The van der Waals surface area contributed by atoms with Crippen LogP contribution in [-0.4, -0.2) is 123 Å². The maximum atomic E-state index is 12.8. The van der Waals surface area contributed by atoms with Crippen LogP contribution in [0.2, 0.25) is 0 Å². The van der Waals surface area contributed by atoms with Crippen LogP contribution in [-0.2, 0) is 19.0 Å². The van der Waals surface area contributed by atoms with Crippen molar-refractivity contribution in [3.63, 3.8) is 0 Å². The standard InChI is InChI=1S/C29H55NO11/c1-3-4-5-6-7-8-9-10-11-12-13-14-15-30-28(38)18(2)26-23(35)24(36)27(20(17-32)39-26)41-29-25(37)22(34)21(33)19(16-31)40-29/h18-27,29,31-37H,3-17H2,1-2H3,(H,30,38)/t18?,19-,20-,21+,22+,23-,24-,25-,26?,27-,29?/m1/s1. The third-order valence-electron chi connectivity index (χ3n) is 8.28. The minimum absolute atomic E-state index is 0.352. The normalized spacial score (nSPS) is 34.9. The molecule has 0 bridgehead atoms. The number of nitrogens with one attached hydrogen (secondary N) is 1. The molecule has 242 valence electrons. The van der Waals surface area contributed by atoms with Crippen LogP contribution < -0.4 is 5.32 Å². The number of hydrogen-bond acceptors (Lipinski definition) is 11. The Labute approximate surface area is 244 Å². The van der Waals surface area contributed by atoms with Gasteiger partial charge in [0.1, 0.15) is 48.8 Å². The first-order chi connectivity index (χ1) is 19.7. The van der Waals surface area contributed by atoms with E-state index in [4.69, 9.17) is 14.2 Å². The van der Waals surface area contributed by atoms with Crippen molar-refractivity contribution in [3.8, 4) is 0 Å². The van der Waals surface area contributed by atoms with Gasteiger partial charge in [-0.1, -0.05) is 84.5 Å².